The van der Waals surface area contributed by atoms with Crippen molar-refractivity contribution in [2.24, 2.45) is 0 Å². The number of aromatic nitrogens is 2. The fourth-order valence-electron chi connectivity index (χ4n) is 1.32. The molecule has 0 fully saturated rings. The van der Waals surface area contributed by atoms with E-state index in [1.807, 2.05) is 0 Å². The Kier molecular flexibility index (Phi) is 4.38. The van der Waals surface area contributed by atoms with Crippen molar-refractivity contribution >= 4 is 22.7 Å². The lowest BCUT2D eigenvalue weighted by Gasteiger charge is -2.11. The summed E-state index contributed by atoms with van der Waals surface area (Å²) < 4.78 is 10.9. The molecule has 0 spiro atoms. The molecule has 0 aromatic carbocycles. The molecule has 8 heteroatoms. The van der Waals surface area contributed by atoms with Crippen LogP contribution in [0.25, 0.3) is 0 Å². The van der Waals surface area contributed by atoms with Crippen molar-refractivity contribution in [1.29, 1.82) is 0 Å². The monoisotopic (exact) mass is 259 g/mol. The van der Waals surface area contributed by atoms with E-state index in [1.54, 1.807) is 6.92 Å². The number of carboxylic acid groups (broad SMARTS) is 1. The fourth-order valence-corrected chi connectivity index (χ4v) is 2.10. The number of hydrogen-bond acceptors (Lipinski definition) is 4. The van der Waals surface area contributed by atoms with Gasteiger partial charge in [-0.05, 0) is 6.92 Å². The number of aromatic carboxylic acids is 1. The average molecular weight is 259 g/mol. The van der Waals surface area contributed by atoms with Gasteiger partial charge < -0.3 is 15.4 Å². The van der Waals surface area contributed by atoms with E-state index in [-0.39, 0.29) is 17.4 Å². The molecule has 0 aliphatic rings. The summed E-state index contributed by atoms with van der Waals surface area (Å²) in [4.78, 5) is 28.4. The number of carbonyl (C=O) groups is 2. The molecule has 94 valence electrons. The Morgan fingerprint density at radius 3 is 2.82 bits per heavy atom. The van der Waals surface area contributed by atoms with Crippen LogP contribution in [0.1, 0.15) is 27.9 Å². The van der Waals surface area contributed by atoms with Gasteiger partial charge in [-0.15, -0.1) is 0 Å². The molecule has 1 rings (SSSR count). The van der Waals surface area contributed by atoms with E-state index in [2.05, 4.69) is 15.3 Å². The van der Waals surface area contributed by atoms with E-state index >= 15 is 0 Å². The zero-order valence-corrected chi connectivity index (χ0v) is 10.2. The predicted molar refractivity (Wildman–Crippen MR) is 61.4 cm³/mol. The van der Waals surface area contributed by atoms with Crippen molar-refractivity contribution < 1.29 is 18.9 Å². The number of nitrogens with one attached hydrogen (secondary N) is 2. The van der Waals surface area contributed by atoms with Gasteiger partial charge in [-0.2, -0.15) is 0 Å². The van der Waals surface area contributed by atoms with Crippen LogP contribution >= 0.6 is 0 Å². The molecule has 1 amide bonds. The minimum absolute atomic E-state index is 0.175. The van der Waals surface area contributed by atoms with Crippen molar-refractivity contribution in [3.63, 3.8) is 0 Å². The molecule has 1 aromatic rings. The third kappa shape index (κ3) is 3.66. The van der Waals surface area contributed by atoms with Crippen molar-refractivity contribution in [3.05, 3.63) is 17.7 Å². The van der Waals surface area contributed by atoms with Gasteiger partial charge in [-0.1, -0.05) is 0 Å². The molecule has 0 aliphatic carbocycles. The first-order valence-corrected chi connectivity index (χ1v) is 6.52. The molecule has 2 atom stereocenters. The Balaban J connectivity index is 2.73. The van der Waals surface area contributed by atoms with Crippen LogP contribution in [0, 0.1) is 0 Å². The number of carboxylic acids is 1. The highest BCUT2D eigenvalue weighted by molar-refractivity contribution is 7.84. The van der Waals surface area contributed by atoms with E-state index < -0.39 is 22.7 Å². The van der Waals surface area contributed by atoms with Gasteiger partial charge in [-0.3, -0.25) is 9.00 Å². The number of carbonyl (C=O) groups excluding carboxylic acids is 1. The van der Waals surface area contributed by atoms with Crippen LogP contribution in [0.15, 0.2) is 6.33 Å². The highest BCUT2D eigenvalue weighted by Gasteiger charge is 2.20. The maximum Gasteiger partial charge on any atom is 0.354 e. The molecule has 0 bridgehead atoms. The van der Waals surface area contributed by atoms with Gasteiger partial charge in [-0.25, -0.2) is 9.78 Å². The molecule has 2 unspecified atom stereocenters. The molecule has 0 aliphatic heterocycles. The van der Waals surface area contributed by atoms with Gasteiger partial charge in [0.15, 0.2) is 11.4 Å². The number of rotatable bonds is 5. The highest BCUT2D eigenvalue weighted by atomic mass is 32.2. The van der Waals surface area contributed by atoms with Crippen molar-refractivity contribution in [2.45, 2.75) is 13.0 Å². The summed E-state index contributed by atoms with van der Waals surface area (Å²) in [5.41, 5.74) is -0.432. The van der Waals surface area contributed by atoms with Crippen molar-refractivity contribution in [3.8, 4) is 0 Å². The first kappa shape index (κ1) is 13.4. The molecule has 3 N–H and O–H groups in total. The lowest BCUT2D eigenvalue weighted by atomic mass is 10.3. The maximum absolute atomic E-state index is 11.7. The molecule has 0 saturated carbocycles. The second-order valence-electron chi connectivity index (χ2n) is 3.55. The third-order valence-corrected chi connectivity index (χ3v) is 2.90. The summed E-state index contributed by atoms with van der Waals surface area (Å²) in [6.45, 7) is 1.69. The lowest BCUT2D eigenvalue weighted by molar-refractivity contribution is 0.0684. The number of H-pyrrole nitrogens is 1. The normalized spacial score (nSPS) is 14.0. The summed E-state index contributed by atoms with van der Waals surface area (Å²) in [5, 5.41) is 11.3. The van der Waals surface area contributed by atoms with Crippen LogP contribution in [0.3, 0.4) is 0 Å². The summed E-state index contributed by atoms with van der Waals surface area (Å²) in [5.74, 6) is -1.54. The number of hydrogen-bond donors (Lipinski definition) is 3. The van der Waals surface area contributed by atoms with E-state index in [4.69, 9.17) is 5.11 Å². The summed E-state index contributed by atoms with van der Waals surface area (Å²) in [6.07, 6.45) is 2.67. The Hall–Kier alpha value is -1.70. The Labute approximate surface area is 100 Å². The van der Waals surface area contributed by atoms with Crippen LogP contribution < -0.4 is 5.32 Å². The van der Waals surface area contributed by atoms with Gasteiger partial charge in [0.05, 0.1) is 6.33 Å². The molecule has 0 saturated heterocycles. The molecular weight excluding hydrogens is 246 g/mol. The van der Waals surface area contributed by atoms with Crippen LogP contribution in [0.5, 0.6) is 0 Å². The van der Waals surface area contributed by atoms with Crippen molar-refractivity contribution in [1.82, 2.24) is 15.3 Å². The molecule has 1 heterocycles. The van der Waals surface area contributed by atoms with E-state index in [0.29, 0.717) is 5.75 Å². The highest BCUT2D eigenvalue weighted by Crippen LogP contribution is 2.03. The van der Waals surface area contributed by atoms with Crippen LogP contribution in [0.2, 0.25) is 0 Å². The second kappa shape index (κ2) is 5.58. The molecular formula is C9H13N3O4S. The van der Waals surface area contributed by atoms with Crippen molar-refractivity contribution in [2.75, 3.05) is 12.0 Å². The van der Waals surface area contributed by atoms with Crippen LogP contribution in [0.4, 0.5) is 0 Å². The van der Waals surface area contributed by atoms with E-state index in [1.165, 1.54) is 6.26 Å². The van der Waals surface area contributed by atoms with E-state index in [0.717, 1.165) is 6.33 Å². The summed E-state index contributed by atoms with van der Waals surface area (Å²) >= 11 is 0. The first-order chi connectivity index (χ1) is 7.91. The van der Waals surface area contributed by atoms with Gasteiger partial charge in [0.25, 0.3) is 5.91 Å². The molecule has 17 heavy (non-hydrogen) atoms. The SMILES string of the molecule is CC(CS(C)=O)NC(=O)c1nc[nH]c1C(=O)O. The summed E-state index contributed by atoms with van der Waals surface area (Å²) in [7, 11) is -1.03. The smallest absolute Gasteiger partial charge is 0.354 e. The first-order valence-electron chi connectivity index (χ1n) is 4.79. The quantitative estimate of drug-likeness (QED) is 0.666. The second-order valence-corrected chi connectivity index (χ2v) is 5.03. The third-order valence-electron chi connectivity index (χ3n) is 1.93. The number of amides is 1. The maximum atomic E-state index is 11.7. The Morgan fingerprint density at radius 2 is 2.29 bits per heavy atom. The topological polar surface area (TPSA) is 112 Å². The largest absolute Gasteiger partial charge is 0.477 e. The van der Waals surface area contributed by atoms with Gasteiger partial charge >= 0.3 is 5.97 Å². The number of nitrogens with zero attached hydrogens (tertiary/aromatic N) is 1. The minimum atomic E-state index is -1.25. The molecule has 1 aromatic heterocycles. The lowest BCUT2D eigenvalue weighted by Crippen LogP contribution is -2.37. The zero-order valence-electron chi connectivity index (χ0n) is 9.39. The fraction of sp³-hybridized carbons (Fsp3) is 0.444. The van der Waals surface area contributed by atoms with E-state index in [9.17, 15) is 13.8 Å². The average Bonchev–Trinajstić information content (AvgIpc) is 2.63. The molecule has 7 nitrogen and oxygen atoms in total. The van der Waals surface area contributed by atoms with Gasteiger partial charge in [0.2, 0.25) is 0 Å². The summed E-state index contributed by atoms with van der Waals surface area (Å²) in [6, 6.07) is -0.313. The van der Waals surface area contributed by atoms with Crippen LogP contribution in [-0.4, -0.2) is 49.2 Å². The predicted octanol–water partition coefficient (Wildman–Crippen LogP) is -0.395. The van der Waals surface area contributed by atoms with Gasteiger partial charge in [0.1, 0.15) is 0 Å². The standard InChI is InChI=1S/C9H13N3O4S/c1-5(3-17(2)16)12-8(13)6-7(9(14)15)11-4-10-6/h4-5H,3H2,1-2H3,(H,10,11)(H,12,13)(H,14,15). The Bertz CT molecular complexity index is 457. The minimum Gasteiger partial charge on any atom is -0.477 e. The van der Waals surface area contributed by atoms with Crippen LogP contribution in [-0.2, 0) is 10.8 Å². The molecule has 0 radical (unpaired) electrons. The number of aromatic amines is 1. The number of imidazole rings is 1. The zero-order chi connectivity index (χ0) is 13.0. The van der Waals surface area contributed by atoms with Gasteiger partial charge in [0, 0.05) is 28.9 Å². The Morgan fingerprint density at radius 1 is 1.65 bits per heavy atom.